The number of thiazole rings is 1. The van der Waals surface area contributed by atoms with Crippen molar-refractivity contribution >= 4 is 28.6 Å². The van der Waals surface area contributed by atoms with Gasteiger partial charge in [-0.15, -0.1) is 22.7 Å². The minimum atomic E-state index is 0.217. The van der Waals surface area contributed by atoms with E-state index >= 15 is 0 Å². The van der Waals surface area contributed by atoms with Crippen LogP contribution in [-0.4, -0.2) is 42.1 Å². The first-order valence-corrected chi connectivity index (χ1v) is 9.89. The zero-order valence-corrected chi connectivity index (χ0v) is 14.6. The number of hydrogen-bond acceptors (Lipinski definition) is 5. The molecule has 0 spiro atoms. The summed E-state index contributed by atoms with van der Waals surface area (Å²) in [6, 6.07) is 4.10. The standard InChI is InChI=1S/C17H20N2O2S2/c20-16(19-5-3-12(9-19)13-4-6-21-10-13)8-14-11-23-17(18-14)15-2-1-7-22-15/h1-2,7,11-13H,3-6,8-10H2. The second kappa shape index (κ2) is 6.71. The van der Waals surface area contributed by atoms with Gasteiger partial charge >= 0.3 is 0 Å². The molecule has 4 rings (SSSR count). The SMILES string of the molecule is O=C(Cc1csc(-c2cccs2)n1)N1CCC(C2CCOC2)C1. The Morgan fingerprint density at radius 3 is 3.09 bits per heavy atom. The van der Waals surface area contributed by atoms with Crippen molar-refractivity contribution in [1.29, 1.82) is 0 Å². The van der Waals surface area contributed by atoms with E-state index in [1.807, 2.05) is 16.3 Å². The third kappa shape index (κ3) is 3.34. The number of hydrogen-bond donors (Lipinski definition) is 0. The van der Waals surface area contributed by atoms with Gasteiger partial charge in [-0.3, -0.25) is 4.79 Å². The maximum absolute atomic E-state index is 12.5. The van der Waals surface area contributed by atoms with Gasteiger partial charge in [0.15, 0.2) is 0 Å². The Labute approximate surface area is 144 Å². The van der Waals surface area contributed by atoms with Crippen molar-refractivity contribution in [3.8, 4) is 9.88 Å². The lowest BCUT2D eigenvalue weighted by Gasteiger charge is -2.18. The number of carbonyl (C=O) groups is 1. The molecule has 2 aromatic rings. The maximum atomic E-state index is 12.5. The Kier molecular flexibility index (Phi) is 4.46. The Balaban J connectivity index is 1.35. The first-order valence-electron chi connectivity index (χ1n) is 8.13. The van der Waals surface area contributed by atoms with Gasteiger partial charge in [0.25, 0.3) is 0 Å². The molecule has 2 aliphatic heterocycles. The lowest BCUT2D eigenvalue weighted by atomic mass is 9.91. The zero-order valence-electron chi connectivity index (χ0n) is 12.9. The molecule has 0 bridgehead atoms. The molecule has 1 amide bonds. The number of ether oxygens (including phenoxy) is 1. The first-order chi connectivity index (χ1) is 11.3. The molecule has 2 atom stereocenters. The second-order valence-electron chi connectivity index (χ2n) is 6.31. The highest BCUT2D eigenvalue weighted by atomic mass is 32.1. The summed E-state index contributed by atoms with van der Waals surface area (Å²) in [6.45, 7) is 3.55. The average Bonchev–Trinajstić information content (AvgIpc) is 3.30. The van der Waals surface area contributed by atoms with Gasteiger partial charge in [-0.1, -0.05) is 6.07 Å². The van der Waals surface area contributed by atoms with Crippen molar-refractivity contribution in [1.82, 2.24) is 9.88 Å². The summed E-state index contributed by atoms with van der Waals surface area (Å²) in [4.78, 5) is 20.4. The molecule has 23 heavy (non-hydrogen) atoms. The summed E-state index contributed by atoms with van der Waals surface area (Å²) in [5, 5.41) is 5.09. The highest BCUT2D eigenvalue weighted by Gasteiger charge is 2.33. The summed E-state index contributed by atoms with van der Waals surface area (Å²) in [5.41, 5.74) is 0.899. The van der Waals surface area contributed by atoms with E-state index in [0.717, 1.165) is 49.8 Å². The minimum absolute atomic E-state index is 0.217. The molecule has 0 radical (unpaired) electrons. The number of rotatable bonds is 4. The molecule has 0 aliphatic carbocycles. The summed E-state index contributed by atoms with van der Waals surface area (Å²) >= 11 is 3.31. The van der Waals surface area contributed by atoms with Gasteiger partial charge in [0.1, 0.15) is 5.01 Å². The lowest BCUT2D eigenvalue weighted by molar-refractivity contribution is -0.129. The van der Waals surface area contributed by atoms with Gasteiger partial charge in [-0.25, -0.2) is 4.98 Å². The van der Waals surface area contributed by atoms with E-state index in [1.165, 1.54) is 4.88 Å². The van der Waals surface area contributed by atoms with Crippen LogP contribution >= 0.6 is 22.7 Å². The Morgan fingerprint density at radius 2 is 2.30 bits per heavy atom. The fraction of sp³-hybridized carbons (Fsp3) is 0.529. The largest absolute Gasteiger partial charge is 0.381 e. The molecule has 122 valence electrons. The zero-order chi connectivity index (χ0) is 15.6. The number of thiophene rings is 1. The van der Waals surface area contributed by atoms with E-state index in [-0.39, 0.29) is 5.91 Å². The van der Waals surface area contributed by atoms with E-state index in [0.29, 0.717) is 18.3 Å². The van der Waals surface area contributed by atoms with Gasteiger partial charge in [-0.05, 0) is 36.1 Å². The highest BCUT2D eigenvalue weighted by molar-refractivity contribution is 7.20. The Morgan fingerprint density at radius 1 is 1.35 bits per heavy atom. The number of amides is 1. The van der Waals surface area contributed by atoms with Crippen LogP contribution in [0.15, 0.2) is 22.9 Å². The number of carbonyl (C=O) groups excluding carboxylic acids is 1. The van der Waals surface area contributed by atoms with Gasteiger partial charge in [0.2, 0.25) is 5.91 Å². The second-order valence-corrected chi connectivity index (χ2v) is 8.12. The van der Waals surface area contributed by atoms with Crippen LogP contribution in [0.3, 0.4) is 0 Å². The third-order valence-electron chi connectivity index (χ3n) is 4.83. The van der Waals surface area contributed by atoms with Gasteiger partial charge in [0, 0.05) is 31.7 Å². The van der Waals surface area contributed by atoms with E-state index in [1.54, 1.807) is 22.7 Å². The summed E-state index contributed by atoms with van der Waals surface area (Å²) in [6.07, 6.45) is 2.70. The maximum Gasteiger partial charge on any atom is 0.228 e. The van der Waals surface area contributed by atoms with Crippen molar-refractivity contribution in [2.24, 2.45) is 11.8 Å². The average molecular weight is 348 g/mol. The molecular weight excluding hydrogens is 328 g/mol. The van der Waals surface area contributed by atoms with Crippen LogP contribution in [0.25, 0.3) is 9.88 Å². The quantitative estimate of drug-likeness (QED) is 0.851. The van der Waals surface area contributed by atoms with Crippen molar-refractivity contribution < 1.29 is 9.53 Å². The topological polar surface area (TPSA) is 42.4 Å². The van der Waals surface area contributed by atoms with Crippen LogP contribution in [-0.2, 0) is 16.0 Å². The minimum Gasteiger partial charge on any atom is -0.381 e. The monoisotopic (exact) mass is 348 g/mol. The van der Waals surface area contributed by atoms with Crippen molar-refractivity contribution in [3.63, 3.8) is 0 Å². The van der Waals surface area contributed by atoms with Crippen LogP contribution < -0.4 is 0 Å². The number of aromatic nitrogens is 1. The molecule has 4 heterocycles. The van der Waals surface area contributed by atoms with E-state index in [4.69, 9.17) is 4.74 Å². The Bertz CT molecular complexity index is 662. The molecule has 6 heteroatoms. The molecule has 2 saturated heterocycles. The van der Waals surface area contributed by atoms with Gasteiger partial charge < -0.3 is 9.64 Å². The predicted molar refractivity (Wildman–Crippen MR) is 92.7 cm³/mol. The molecule has 4 nitrogen and oxygen atoms in total. The molecule has 0 saturated carbocycles. The van der Waals surface area contributed by atoms with Gasteiger partial charge in [0.05, 0.1) is 17.0 Å². The molecular formula is C17H20N2O2S2. The fourth-order valence-corrected chi connectivity index (χ4v) is 5.13. The van der Waals surface area contributed by atoms with Crippen LogP contribution in [0, 0.1) is 11.8 Å². The lowest BCUT2D eigenvalue weighted by Crippen LogP contribution is -2.31. The first kappa shape index (κ1) is 15.3. The fourth-order valence-electron chi connectivity index (χ4n) is 3.49. The van der Waals surface area contributed by atoms with Crippen LogP contribution in [0.1, 0.15) is 18.5 Å². The number of nitrogens with zero attached hydrogens (tertiary/aromatic N) is 2. The molecule has 0 aromatic carbocycles. The molecule has 2 unspecified atom stereocenters. The highest BCUT2D eigenvalue weighted by Crippen LogP contribution is 2.31. The Hall–Kier alpha value is -1.24. The van der Waals surface area contributed by atoms with Crippen LogP contribution in [0.4, 0.5) is 0 Å². The molecule has 2 aliphatic rings. The van der Waals surface area contributed by atoms with Crippen LogP contribution in [0.5, 0.6) is 0 Å². The van der Waals surface area contributed by atoms with Crippen molar-refractivity contribution in [2.75, 3.05) is 26.3 Å². The molecule has 0 N–H and O–H groups in total. The van der Waals surface area contributed by atoms with E-state index < -0.39 is 0 Å². The predicted octanol–water partition coefficient (Wildman–Crippen LogP) is 3.30. The molecule has 2 aromatic heterocycles. The van der Waals surface area contributed by atoms with Crippen molar-refractivity contribution in [2.45, 2.75) is 19.3 Å². The summed E-state index contributed by atoms with van der Waals surface area (Å²) < 4.78 is 5.49. The molecule has 2 fully saturated rings. The van der Waals surface area contributed by atoms with Crippen molar-refractivity contribution in [3.05, 3.63) is 28.6 Å². The number of likely N-dealkylation sites (tertiary alicyclic amines) is 1. The summed E-state index contributed by atoms with van der Waals surface area (Å²) in [7, 11) is 0. The smallest absolute Gasteiger partial charge is 0.228 e. The van der Waals surface area contributed by atoms with E-state index in [2.05, 4.69) is 16.4 Å². The van der Waals surface area contributed by atoms with Crippen LogP contribution in [0.2, 0.25) is 0 Å². The third-order valence-corrected chi connectivity index (χ3v) is 6.76. The van der Waals surface area contributed by atoms with E-state index in [9.17, 15) is 4.79 Å². The van der Waals surface area contributed by atoms with Gasteiger partial charge in [-0.2, -0.15) is 0 Å². The summed E-state index contributed by atoms with van der Waals surface area (Å²) in [5.74, 6) is 1.49. The normalized spacial score (nSPS) is 24.4.